The van der Waals surface area contributed by atoms with Crippen molar-refractivity contribution in [3.05, 3.63) is 54.7 Å². The maximum Gasteiger partial charge on any atom is 0.0572 e. The van der Waals surface area contributed by atoms with Crippen LogP contribution in [0.25, 0.3) is 32.4 Å². The first-order valence-electron chi connectivity index (χ1n) is 6.01. The van der Waals surface area contributed by atoms with E-state index in [-0.39, 0.29) is 0 Å². The summed E-state index contributed by atoms with van der Waals surface area (Å²) in [4.78, 5) is 3.27. The lowest BCUT2D eigenvalue weighted by molar-refractivity contribution is 1.49. The average Bonchev–Trinajstić information content (AvgIpc) is 2.80. The SMILES string of the molecule is Nc1c[nH]c2c1ccc1c3ccccc3ccc12. The summed E-state index contributed by atoms with van der Waals surface area (Å²) in [6.45, 7) is 0. The molecule has 0 saturated heterocycles. The number of aromatic nitrogens is 1. The number of benzene rings is 3. The van der Waals surface area contributed by atoms with Crippen molar-refractivity contribution < 1.29 is 0 Å². The Morgan fingerprint density at radius 3 is 2.44 bits per heavy atom. The molecule has 2 heteroatoms. The van der Waals surface area contributed by atoms with E-state index in [9.17, 15) is 0 Å². The smallest absolute Gasteiger partial charge is 0.0572 e. The molecule has 86 valence electrons. The third-order valence-corrected chi connectivity index (χ3v) is 3.61. The fraction of sp³-hybridized carbons (Fsp3) is 0. The minimum Gasteiger partial charge on any atom is -0.397 e. The van der Waals surface area contributed by atoms with Crippen molar-refractivity contribution >= 4 is 38.1 Å². The van der Waals surface area contributed by atoms with Crippen molar-refractivity contribution in [2.45, 2.75) is 0 Å². The minimum absolute atomic E-state index is 0.806. The molecule has 0 radical (unpaired) electrons. The summed E-state index contributed by atoms with van der Waals surface area (Å²) in [5, 5.41) is 6.14. The molecule has 18 heavy (non-hydrogen) atoms. The van der Waals surface area contributed by atoms with Crippen molar-refractivity contribution in [1.29, 1.82) is 0 Å². The number of H-pyrrole nitrogens is 1. The zero-order valence-corrected chi connectivity index (χ0v) is 9.77. The summed E-state index contributed by atoms with van der Waals surface area (Å²) in [7, 11) is 0. The first-order valence-corrected chi connectivity index (χ1v) is 6.01. The number of nitrogens with one attached hydrogen (secondary N) is 1. The predicted octanol–water partition coefficient (Wildman–Crippen LogP) is 4.06. The molecule has 0 atom stereocenters. The van der Waals surface area contributed by atoms with Gasteiger partial charge in [-0.05, 0) is 16.2 Å². The molecule has 0 bridgehead atoms. The van der Waals surface area contributed by atoms with Gasteiger partial charge in [0.2, 0.25) is 0 Å². The number of nitrogen functional groups attached to an aromatic ring is 1. The number of aromatic amines is 1. The highest BCUT2D eigenvalue weighted by Crippen LogP contribution is 2.32. The molecular weight excluding hydrogens is 220 g/mol. The first kappa shape index (κ1) is 9.54. The summed E-state index contributed by atoms with van der Waals surface area (Å²) in [5.74, 6) is 0. The zero-order valence-electron chi connectivity index (χ0n) is 9.77. The van der Waals surface area contributed by atoms with E-state index in [1.54, 1.807) is 0 Å². The van der Waals surface area contributed by atoms with Crippen LogP contribution in [0.5, 0.6) is 0 Å². The molecule has 0 aliphatic carbocycles. The molecule has 0 unspecified atom stereocenters. The molecule has 2 nitrogen and oxygen atoms in total. The van der Waals surface area contributed by atoms with Gasteiger partial charge in [-0.1, -0.05) is 48.5 Å². The Bertz CT molecular complexity index is 887. The van der Waals surface area contributed by atoms with Crippen LogP contribution in [0.4, 0.5) is 5.69 Å². The Morgan fingerprint density at radius 1 is 0.722 bits per heavy atom. The highest BCUT2D eigenvalue weighted by atomic mass is 14.7. The molecule has 1 aromatic heterocycles. The number of hydrogen-bond donors (Lipinski definition) is 2. The van der Waals surface area contributed by atoms with Crippen molar-refractivity contribution in [2.24, 2.45) is 0 Å². The van der Waals surface area contributed by atoms with Crippen molar-refractivity contribution in [3.63, 3.8) is 0 Å². The van der Waals surface area contributed by atoms with E-state index in [0.717, 1.165) is 16.6 Å². The fourth-order valence-electron chi connectivity index (χ4n) is 2.71. The second-order valence-electron chi connectivity index (χ2n) is 4.61. The van der Waals surface area contributed by atoms with Crippen molar-refractivity contribution in [2.75, 3.05) is 5.73 Å². The maximum absolute atomic E-state index is 5.95. The summed E-state index contributed by atoms with van der Waals surface area (Å²) in [6.07, 6.45) is 1.86. The summed E-state index contributed by atoms with van der Waals surface area (Å²) in [6, 6.07) is 17.0. The molecule has 0 aliphatic rings. The minimum atomic E-state index is 0.806. The fourth-order valence-corrected chi connectivity index (χ4v) is 2.71. The second kappa shape index (κ2) is 3.26. The van der Waals surface area contributed by atoms with Crippen LogP contribution in [-0.2, 0) is 0 Å². The Balaban J connectivity index is 2.30. The molecule has 0 spiro atoms. The van der Waals surface area contributed by atoms with Crippen LogP contribution in [0.2, 0.25) is 0 Å². The molecule has 1 heterocycles. The van der Waals surface area contributed by atoms with Gasteiger partial charge in [-0.3, -0.25) is 0 Å². The Kier molecular flexibility index (Phi) is 1.73. The standard InChI is InChI=1S/C16H12N2/c17-15-9-18-16-13-6-5-10-3-1-2-4-11(10)12(13)7-8-14(15)16/h1-9,18H,17H2. The Morgan fingerprint density at radius 2 is 1.50 bits per heavy atom. The van der Waals surface area contributed by atoms with Gasteiger partial charge in [0.05, 0.1) is 11.2 Å². The molecule has 4 aromatic rings. The molecule has 0 aliphatic heterocycles. The largest absolute Gasteiger partial charge is 0.397 e. The van der Waals surface area contributed by atoms with Gasteiger partial charge in [0, 0.05) is 17.0 Å². The van der Waals surface area contributed by atoms with E-state index in [0.29, 0.717) is 0 Å². The number of rotatable bonds is 0. The third-order valence-electron chi connectivity index (χ3n) is 3.61. The molecule has 0 fully saturated rings. The Hall–Kier alpha value is -2.48. The van der Waals surface area contributed by atoms with Crippen LogP contribution in [-0.4, -0.2) is 4.98 Å². The molecule has 3 N–H and O–H groups in total. The third kappa shape index (κ3) is 1.12. The van der Waals surface area contributed by atoms with Gasteiger partial charge in [0.25, 0.3) is 0 Å². The lowest BCUT2D eigenvalue weighted by Gasteiger charge is -2.05. The van der Waals surface area contributed by atoms with Crippen LogP contribution >= 0.6 is 0 Å². The van der Waals surface area contributed by atoms with E-state index in [2.05, 4.69) is 53.5 Å². The predicted molar refractivity (Wildman–Crippen MR) is 77.7 cm³/mol. The van der Waals surface area contributed by atoms with Gasteiger partial charge in [-0.15, -0.1) is 0 Å². The van der Waals surface area contributed by atoms with Gasteiger partial charge in [0.1, 0.15) is 0 Å². The Labute approximate surface area is 104 Å². The number of fused-ring (bicyclic) bond motifs is 5. The van der Waals surface area contributed by atoms with Crippen molar-refractivity contribution in [3.8, 4) is 0 Å². The van der Waals surface area contributed by atoms with Gasteiger partial charge in [0.15, 0.2) is 0 Å². The van der Waals surface area contributed by atoms with Gasteiger partial charge in [-0.25, -0.2) is 0 Å². The van der Waals surface area contributed by atoms with E-state index < -0.39 is 0 Å². The van der Waals surface area contributed by atoms with Crippen LogP contribution in [0.3, 0.4) is 0 Å². The monoisotopic (exact) mass is 232 g/mol. The highest BCUT2D eigenvalue weighted by Gasteiger charge is 2.06. The average molecular weight is 232 g/mol. The van der Waals surface area contributed by atoms with E-state index in [1.807, 2.05) is 6.20 Å². The summed E-state index contributed by atoms with van der Waals surface area (Å²) >= 11 is 0. The summed E-state index contributed by atoms with van der Waals surface area (Å²) in [5.41, 5.74) is 7.88. The summed E-state index contributed by atoms with van der Waals surface area (Å²) < 4.78 is 0. The van der Waals surface area contributed by atoms with Gasteiger partial charge < -0.3 is 10.7 Å². The first-order chi connectivity index (χ1) is 8.84. The molecule has 3 aromatic carbocycles. The quantitative estimate of drug-likeness (QED) is 0.441. The molecule has 0 saturated carbocycles. The highest BCUT2D eigenvalue weighted by molar-refractivity contribution is 6.17. The van der Waals surface area contributed by atoms with Crippen LogP contribution < -0.4 is 5.73 Å². The normalized spacial score (nSPS) is 11.6. The topological polar surface area (TPSA) is 41.8 Å². The zero-order chi connectivity index (χ0) is 12.1. The lowest BCUT2D eigenvalue weighted by atomic mass is 10.0. The maximum atomic E-state index is 5.95. The lowest BCUT2D eigenvalue weighted by Crippen LogP contribution is -1.82. The molecular formula is C16H12N2. The van der Waals surface area contributed by atoms with Crippen LogP contribution in [0.1, 0.15) is 0 Å². The van der Waals surface area contributed by atoms with Crippen LogP contribution in [0.15, 0.2) is 54.7 Å². The van der Waals surface area contributed by atoms with E-state index >= 15 is 0 Å². The number of nitrogens with two attached hydrogens (primary N) is 1. The number of hydrogen-bond acceptors (Lipinski definition) is 1. The van der Waals surface area contributed by atoms with Crippen LogP contribution in [0, 0.1) is 0 Å². The van der Waals surface area contributed by atoms with Gasteiger partial charge >= 0.3 is 0 Å². The van der Waals surface area contributed by atoms with E-state index in [4.69, 9.17) is 5.73 Å². The molecule has 0 amide bonds. The second-order valence-corrected chi connectivity index (χ2v) is 4.61. The van der Waals surface area contributed by atoms with Gasteiger partial charge in [-0.2, -0.15) is 0 Å². The molecule has 4 rings (SSSR count). The van der Waals surface area contributed by atoms with Crippen molar-refractivity contribution in [1.82, 2.24) is 4.98 Å². The number of anilines is 1. The van der Waals surface area contributed by atoms with E-state index in [1.165, 1.54) is 21.5 Å².